The van der Waals surface area contributed by atoms with E-state index in [1.165, 1.54) is 0 Å². The van der Waals surface area contributed by atoms with Crippen molar-refractivity contribution in [2.75, 3.05) is 5.32 Å². The lowest BCUT2D eigenvalue weighted by molar-refractivity contribution is -0.105. The number of benzene rings is 1. The summed E-state index contributed by atoms with van der Waals surface area (Å²) >= 11 is 11.9. The molecule has 0 aliphatic rings. The molecule has 0 radical (unpaired) electrons. The maximum Gasteiger partial charge on any atom is 0.249 e. The molecule has 0 aliphatic carbocycles. The van der Waals surface area contributed by atoms with Gasteiger partial charge in [0.2, 0.25) is 12.4 Å². The van der Waals surface area contributed by atoms with Gasteiger partial charge in [-0.05, 0) is 30.7 Å². The Hall–Kier alpha value is -1.98. The van der Waals surface area contributed by atoms with Crippen LogP contribution in [-0.2, 0) is 4.79 Å². The van der Waals surface area contributed by atoms with Gasteiger partial charge >= 0.3 is 0 Å². The molecule has 0 saturated heterocycles. The number of carbonyl (C=O) groups excluding carboxylic acids is 1. The fourth-order valence-electron chi connectivity index (χ4n) is 1.47. The number of hydrogen-bond acceptors (Lipinski definition) is 4. The van der Waals surface area contributed by atoms with Crippen molar-refractivity contribution in [2.45, 2.75) is 6.92 Å². The second-order valence-corrected chi connectivity index (χ2v) is 4.71. The van der Waals surface area contributed by atoms with Crippen LogP contribution < -0.4 is 5.32 Å². The van der Waals surface area contributed by atoms with Crippen molar-refractivity contribution in [1.29, 1.82) is 0 Å². The molecule has 0 spiro atoms. The summed E-state index contributed by atoms with van der Waals surface area (Å²) < 4.78 is 0. The van der Waals surface area contributed by atoms with E-state index in [1.807, 2.05) is 0 Å². The van der Waals surface area contributed by atoms with Crippen molar-refractivity contribution in [3.8, 4) is 0 Å². The smallest absolute Gasteiger partial charge is 0.249 e. The van der Waals surface area contributed by atoms with Gasteiger partial charge in [0.15, 0.2) is 0 Å². The van der Waals surface area contributed by atoms with E-state index in [0.29, 0.717) is 27.8 Å². The molecule has 2 rings (SSSR count). The number of hydrogen-bond donors (Lipinski definition) is 1. The molecule has 102 valence electrons. The number of halogens is 2. The molecule has 0 bridgehead atoms. The number of amides is 1. The molecule has 0 aliphatic heterocycles. The van der Waals surface area contributed by atoms with Crippen molar-refractivity contribution < 1.29 is 4.79 Å². The summed E-state index contributed by atoms with van der Waals surface area (Å²) in [4.78, 5) is 14.5. The van der Waals surface area contributed by atoms with Crippen LogP contribution in [-0.4, -0.2) is 21.6 Å². The highest BCUT2D eigenvalue weighted by molar-refractivity contribution is 6.35. The zero-order valence-electron chi connectivity index (χ0n) is 10.5. The molecule has 5 nitrogen and oxygen atoms in total. The maximum atomic E-state index is 10.4. The predicted octanol–water partition coefficient (Wildman–Crippen LogP) is 3.23. The molecule has 1 N–H and O–H groups in total. The normalized spacial score (nSPS) is 10.8. The second kappa shape index (κ2) is 6.45. The minimum absolute atomic E-state index is 0.146. The largest absolute Gasteiger partial charge is 0.296 e. The number of anilines is 1. The summed E-state index contributed by atoms with van der Waals surface area (Å²) in [5.41, 5.74) is 2.04. The number of aromatic nitrogens is 3. The Morgan fingerprint density at radius 2 is 2.00 bits per heavy atom. The molecule has 20 heavy (non-hydrogen) atoms. The van der Waals surface area contributed by atoms with Crippen molar-refractivity contribution in [2.24, 2.45) is 0 Å². The zero-order valence-corrected chi connectivity index (χ0v) is 12.0. The average molecular weight is 309 g/mol. The molecule has 0 fully saturated rings. The molecule has 0 atom stereocenters. The van der Waals surface area contributed by atoms with Crippen LogP contribution in [0, 0.1) is 6.92 Å². The van der Waals surface area contributed by atoms with Gasteiger partial charge in [0.25, 0.3) is 0 Å². The number of nitrogens with one attached hydrogen (secondary N) is 1. The van der Waals surface area contributed by atoms with Gasteiger partial charge in [0.1, 0.15) is 0 Å². The quantitative estimate of drug-likeness (QED) is 0.881. The lowest BCUT2D eigenvalue weighted by Crippen LogP contribution is -2.04. The van der Waals surface area contributed by atoms with Gasteiger partial charge in [0.05, 0.1) is 11.4 Å². The predicted molar refractivity (Wildman–Crippen MR) is 79.6 cm³/mol. The third-order valence-electron chi connectivity index (χ3n) is 2.46. The van der Waals surface area contributed by atoms with Crippen molar-refractivity contribution >= 4 is 47.7 Å². The lowest BCUT2D eigenvalue weighted by atomic mass is 10.2. The zero-order chi connectivity index (χ0) is 14.5. The van der Waals surface area contributed by atoms with Crippen LogP contribution in [0.25, 0.3) is 12.2 Å². The van der Waals surface area contributed by atoms with E-state index in [2.05, 4.69) is 20.5 Å². The van der Waals surface area contributed by atoms with Gasteiger partial charge in [-0.1, -0.05) is 35.3 Å². The first-order valence-electron chi connectivity index (χ1n) is 5.65. The lowest BCUT2D eigenvalue weighted by Gasteiger charge is -2.02. The number of aryl methyl sites for hydroxylation is 1. The number of carbonyl (C=O) groups is 1. The van der Waals surface area contributed by atoms with Gasteiger partial charge < -0.3 is 0 Å². The maximum absolute atomic E-state index is 10.4. The van der Waals surface area contributed by atoms with Gasteiger partial charge in [-0.2, -0.15) is 0 Å². The van der Waals surface area contributed by atoms with Crippen LogP contribution in [0.2, 0.25) is 10.0 Å². The van der Waals surface area contributed by atoms with Crippen LogP contribution >= 0.6 is 23.2 Å². The summed E-state index contributed by atoms with van der Waals surface area (Å²) in [6.45, 7) is 1.77. The molecular weight excluding hydrogens is 299 g/mol. The minimum Gasteiger partial charge on any atom is -0.296 e. The molecule has 7 heteroatoms. The Bertz CT molecular complexity index is 673. The average Bonchev–Trinajstić information content (AvgIpc) is 2.41. The van der Waals surface area contributed by atoms with Crippen LogP contribution in [0.3, 0.4) is 0 Å². The SMILES string of the molecule is Cc1nnc(NC=O)nc1C=Cc1ccc(Cl)cc1Cl. The Kier molecular flexibility index (Phi) is 4.65. The third kappa shape index (κ3) is 3.53. The Morgan fingerprint density at radius 3 is 2.70 bits per heavy atom. The van der Waals surface area contributed by atoms with Gasteiger partial charge in [-0.3, -0.25) is 10.1 Å². The molecule has 0 saturated carbocycles. The monoisotopic (exact) mass is 308 g/mol. The fourth-order valence-corrected chi connectivity index (χ4v) is 1.94. The van der Waals surface area contributed by atoms with Crippen LogP contribution in [0.1, 0.15) is 17.0 Å². The first-order valence-corrected chi connectivity index (χ1v) is 6.40. The highest BCUT2D eigenvalue weighted by Gasteiger charge is 2.03. The molecule has 1 aromatic carbocycles. The van der Waals surface area contributed by atoms with Gasteiger partial charge in [0, 0.05) is 10.0 Å². The highest BCUT2D eigenvalue weighted by Crippen LogP contribution is 2.22. The van der Waals surface area contributed by atoms with E-state index in [0.717, 1.165) is 5.56 Å². The molecular formula is C13H10Cl2N4O. The van der Waals surface area contributed by atoms with Crippen molar-refractivity contribution in [3.63, 3.8) is 0 Å². The third-order valence-corrected chi connectivity index (χ3v) is 3.03. The fraction of sp³-hybridized carbons (Fsp3) is 0.0769. The Labute approximate surface area is 125 Å². The second-order valence-electron chi connectivity index (χ2n) is 3.87. The summed E-state index contributed by atoms with van der Waals surface area (Å²) in [5, 5.41) is 11.1. The van der Waals surface area contributed by atoms with E-state index >= 15 is 0 Å². The van der Waals surface area contributed by atoms with Crippen LogP contribution in [0.15, 0.2) is 18.2 Å². The summed E-state index contributed by atoms with van der Waals surface area (Å²) in [7, 11) is 0. The van der Waals surface area contributed by atoms with Crippen molar-refractivity contribution in [3.05, 3.63) is 45.2 Å². The van der Waals surface area contributed by atoms with Crippen LogP contribution in [0.5, 0.6) is 0 Å². The van der Waals surface area contributed by atoms with E-state index in [1.54, 1.807) is 37.3 Å². The molecule has 1 heterocycles. The molecule has 0 unspecified atom stereocenters. The topological polar surface area (TPSA) is 67.8 Å². The first kappa shape index (κ1) is 14.4. The van der Waals surface area contributed by atoms with Gasteiger partial charge in [-0.15, -0.1) is 10.2 Å². The standard InChI is InChI=1S/C13H10Cl2N4O/c1-8-12(17-13(16-7-20)19-18-8)5-3-9-2-4-10(14)6-11(9)15/h2-7H,1H3,(H,16,17,19,20). The Balaban J connectivity index is 2.30. The van der Waals surface area contributed by atoms with E-state index < -0.39 is 0 Å². The van der Waals surface area contributed by atoms with Crippen LogP contribution in [0.4, 0.5) is 5.95 Å². The summed E-state index contributed by atoms with van der Waals surface area (Å²) in [5.74, 6) is 0.146. The molecule has 1 amide bonds. The minimum atomic E-state index is 0.146. The van der Waals surface area contributed by atoms with E-state index in [9.17, 15) is 4.79 Å². The van der Waals surface area contributed by atoms with Crippen molar-refractivity contribution in [1.82, 2.24) is 15.2 Å². The highest BCUT2D eigenvalue weighted by atomic mass is 35.5. The molecule has 1 aromatic heterocycles. The van der Waals surface area contributed by atoms with E-state index in [-0.39, 0.29) is 5.95 Å². The number of rotatable bonds is 4. The number of nitrogens with zero attached hydrogens (tertiary/aromatic N) is 3. The first-order chi connectivity index (χ1) is 9.60. The molecule has 2 aromatic rings. The summed E-state index contributed by atoms with van der Waals surface area (Å²) in [6.07, 6.45) is 4.03. The summed E-state index contributed by atoms with van der Waals surface area (Å²) in [6, 6.07) is 5.21. The van der Waals surface area contributed by atoms with E-state index in [4.69, 9.17) is 23.2 Å². The Morgan fingerprint density at radius 1 is 1.20 bits per heavy atom. The van der Waals surface area contributed by atoms with Gasteiger partial charge in [-0.25, -0.2) is 4.98 Å².